The average Bonchev–Trinajstić information content (AvgIpc) is 2.95. The van der Waals surface area contributed by atoms with Gasteiger partial charge < -0.3 is 4.74 Å². The van der Waals surface area contributed by atoms with Gasteiger partial charge in [-0.2, -0.15) is 0 Å². The average molecular weight is 345 g/mol. The van der Waals surface area contributed by atoms with Gasteiger partial charge in [0.1, 0.15) is 5.82 Å². The van der Waals surface area contributed by atoms with Gasteiger partial charge in [-0.05, 0) is 69.2 Å². The number of fused-ring (bicyclic) bond motifs is 1. The Hall–Kier alpha value is -1.82. The Morgan fingerprint density at radius 3 is 2.71 bits per heavy atom. The number of rotatable bonds is 5. The van der Waals surface area contributed by atoms with Crippen molar-refractivity contribution in [3.63, 3.8) is 0 Å². The van der Waals surface area contributed by atoms with Crippen LogP contribution in [0.3, 0.4) is 0 Å². The summed E-state index contributed by atoms with van der Waals surface area (Å²) < 4.78 is 7.08. The van der Waals surface area contributed by atoms with Crippen LogP contribution in [-0.2, 0) is 22.4 Å². The van der Waals surface area contributed by atoms with Crippen molar-refractivity contribution in [2.24, 2.45) is 0 Å². The first-order valence-electron chi connectivity index (χ1n) is 8.44. The van der Waals surface area contributed by atoms with E-state index in [9.17, 15) is 4.79 Å². The van der Waals surface area contributed by atoms with E-state index in [4.69, 9.17) is 4.74 Å². The third-order valence-corrected chi connectivity index (χ3v) is 5.31. The summed E-state index contributed by atoms with van der Waals surface area (Å²) in [5.74, 6) is 0.874. The smallest absolute Gasteiger partial charge is 0.316 e. The molecule has 0 saturated carbocycles. The van der Waals surface area contributed by atoms with E-state index in [2.05, 4.69) is 33.8 Å². The quantitative estimate of drug-likeness (QED) is 0.614. The second-order valence-electron chi connectivity index (χ2n) is 6.02. The Morgan fingerprint density at radius 1 is 1.21 bits per heavy atom. The van der Waals surface area contributed by atoms with Gasteiger partial charge in [0.25, 0.3) is 0 Å². The molecule has 6 heteroatoms. The molecule has 24 heavy (non-hydrogen) atoms. The first kappa shape index (κ1) is 17.0. The molecule has 3 rings (SSSR count). The molecule has 0 aliphatic heterocycles. The molecule has 0 N–H and O–H groups in total. The maximum Gasteiger partial charge on any atom is 0.316 e. The Kier molecular flexibility index (Phi) is 5.23. The van der Waals surface area contributed by atoms with E-state index in [0.29, 0.717) is 6.61 Å². The minimum Gasteiger partial charge on any atom is -0.465 e. The summed E-state index contributed by atoms with van der Waals surface area (Å²) >= 11 is 1.38. The Morgan fingerprint density at radius 2 is 1.96 bits per heavy atom. The van der Waals surface area contributed by atoms with E-state index >= 15 is 0 Å². The van der Waals surface area contributed by atoms with E-state index in [1.165, 1.54) is 41.3 Å². The molecule has 0 radical (unpaired) electrons. The van der Waals surface area contributed by atoms with Crippen LogP contribution in [0.2, 0.25) is 0 Å². The van der Waals surface area contributed by atoms with Gasteiger partial charge in [-0.15, -0.1) is 10.2 Å². The van der Waals surface area contributed by atoms with Crippen LogP contribution in [0, 0.1) is 13.8 Å². The highest BCUT2D eigenvalue weighted by Gasteiger charge is 2.20. The highest BCUT2D eigenvalue weighted by Crippen LogP contribution is 2.32. The largest absolute Gasteiger partial charge is 0.465 e. The summed E-state index contributed by atoms with van der Waals surface area (Å²) in [7, 11) is 0. The van der Waals surface area contributed by atoms with E-state index in [-0.39, 0.29) is 11.7 Å². The molecule has 1 aromatic heterocycles. The predicted octanol–water partition coefficient (Wildman–Crippen LogP) is 3.42. The van der Waals surface area contributed by atoms with Crippen molar-refractivity contribution in [2.75, 3.05) is 12.4 Å². The maximum absolute atomic E-state index is 11.6. The number of carbonyl (C=O) groups is 1. The van der Waals surface area contributed by atoms with Crippen LogP contribution in [0.5, 0.6) is 0 Å². The summed E-state index contributed by atoms with van der Waals surface area (Å²) in [4.78, 5) is 11.6. The maximum atomic E-state index is 11.6. The van der Waals surface area contributed by atoms with Gasteiger partial charge in [0.05, 0.1) is 18.0 Å². The van der Waals surface area contributed by atoms with Gasteiger partial charge in [0.15, 0.2) is 5.16 Å². The molecule has 0 unspecified atom stereocenters. The number of thioether (sulfide) groups is 1. The van der Waals surface area contributed by atoms with E-state index < -0.39 is 0 Å². The minimum absolute atomic E-state index is 0.222. The van der Waals surface area contributed by atoms with Gasteiger partial charge in [-0.3, -0.25) is 9.36 Å². The monoisotopic (exact) mass is 345 g/mol. The molecule has 1 aliphatic carbocycles. The standard InChI is InChI=1S/C18H23N3O2S/c1-4-23-17(22)11-24-18-20-19-13(3)21(18)16-10-9-12(2)14-7-5-6-8-15(14)16/h9-10H,4-8,11H2,1-3H3. The zero-order valence-corrected chi connectivity index (χ0v) is 15.3. The second kappa shape index (κ2) is 7.38. The van der Waals surface area contributed by atoms with Crippen molar-refractivity contribution in [1.29, 1.82) is 0 Å². The molecule has 0 spiro atoms. The van der Waals surface area contributed by atoms with Crippen molar-refractivity contribution in [1.82, 2.24) is 14.8 Å². The van der Waals surface area contributed by atoms with Crippen LogP contribution < -0.4 is 0 Å². The number of nitrogens with zero attached hydrogens (tertiary/aromatic N) is 3. The van der Waals surface area contributed by atoms with Crippen molar-refractivity contribution in [3.05, 3.63) is 34.6 Å². The summed E-state index contributed by atoms with van der Waals surface area (Å²) in [6, 6.07) is 4.34. The van der Waals surface area contributed by atoms with Crippen molar-refractivity contribution < 1.29 is 9.53 Å². The number of aromatic nitrogens is 3. The number of esters is 1. The SMILES string of the molecule is CCOC(=O)CSc1nnc(C)n1-c1ccc(C)c2c1CCCC2. The lowest BCUT2D eigenvalue weighted by Gasteiger charge is -2.22. The summed E-state index contributed by atoms with van der Waals surface area (Å²) in [6.07, 6.45) is 4.70. The number of hydrogen-bond donors (Lipinski definition) is 0. The fraction of sp³-hybridized carbons (Fsp3) is 0.500. The van der Waals surface area contributed by atoms with Crippen LogP contribution in [-0.4, -0.2) is 33.1 Å². The summed E-state index contributed by atoms with van der Waals surface area (Å²) in [5, 5.41) is 9.24. The predicted molar refractivity (Wildman–Crippen MR) is 94.8 cm³/mol. The number of hydrogen-bond acceptors (Lipinski definition) is 5. The van der Waals surface area contributed by atoms with Gasteiger partial charge in [-0.1, -0.05) is 17.8 Å². The lowest BCUT2D eigenvalue weighted by molar-refractivity contribution is -0.139. The highest BCUT2D eigenvalue weighted by molar-refractivity contribution is 7.99. The van der Waals surface area contributed by atoms with E-state index in [1.54, 1.807) is 0 Å². The Labute approximate surface area is 146 Å². The number of aryl methyl sites for hydroxylation is 2. The van der Waals surface area contributed by atoms with Crippen molar-refractivity contribution in [2.45, 2.75) is 51.6 Å². The lowest BCUT2D eigenvalue weighted by atomic mass is 9.87. The van der Waals surface area contributed by atoms with Crippen LogP contribution in [0.1, 0.15) is 42.3 Å². The molecule has 0 bridgehead atoms. The van der Waals surface area contributed by atoms with Gasteiger partial charge in [0.2, 0.25) is 0 Å². The first-order valence-corrected chi connectivity index (χ1v) is 9.42. The molecule has 1 aliphatic rings. The molecule has 0 atom stereocenters. The zero-order chi connectivity index (χ0) is 17.1. The molecule has 0 amide bonds. The molecule has 1 aromatic carbocycles. The van der Waals surface area contributed by atoms with Gasteiger partial charge in [0, 0.05) is 0 Å². The van der Waals surface area contributed by atoms with Gasteiger partial charge >= 0.3 is 5.97 Å². The molecule has 0 saturated heterocycles. The molecular formula is C18H23N3O2S. The lowest BCUT2D eigenvalue weighted by Crippen LogP contribution is -2.12. The fourth-order valence-electron chi connectivity index (χ4n) is 3.28. The molecule has 128 valence electrons. The van der Waals surface area contributed by atoms with Crippen LogP contribution >= 0.6 is 11.8 Å². The topological polar surface area (TPSA) is 57.0 Å². The third kappa shape index (κ3) is 3.34. The third-order valence-electron chi connectivity index (χ3n) is 4.40. The van der Waals surface area contributed by atoms with Crippen LogP contribution in [0.15, 0.2) is 17.3 Å². The molecule has 5 nitrogen and oxygen atoms in total. The number of ether oxygens (including phenoxy) is 1. The Bertz CT molecular complexity index is 755. The molecule has 0 fully saturated rings. The fourth-order valence-corrected chi connectivity index (χ4v) is 4.07. The molecule has 2 aromatic rings. The first-order chi connectivity index (χ1) is 11.6. The van der Waals surface area contributed by atoms with Crippen molar-refractivity contribution >= 4 is 17.7 Å². The summed E-state index contributed by atoms with van der Waals surface area (Å²) in [6.45, 7) is 6.35. The van der Waals surface area contributed by atoms with E-state index in [0.717, 1.165) is 29.5 Å². The normalized spacial score (nSPS) is 13.6. The highest BCUT2D eigenvalue weighted by atomic mass is 32.2. The second-order valence-corrected chi connectivity index (χ2v) is 6.97. The van der Waals surface area contributed by atoms with Gasteiger partial charge in [-0.25, -0.2) is 0 Å². The zero-order valence-electron chi connectivity index (χ0n) is 14.5. The molecule has 1 heterocycles. The van der Waals surface area contributed by atoms with Crippen molar-refractivity contribution in [3.8, 4) is 5.69 Å². The number of benzene rings is 1. The summed E-state index contributed by atoms with van der Waals surface area (Å²) in [5.41, 5.74) is 5.39. The van der Waals surface area contributed by atoms with Crippen LogP contribution in [0.25, 0.3) is 5.69 Å². The van der Waals surface area contributed by atoms with E-state index in [1.807, 2.05) is 13.8 Å². The Balaban J connectivity index is 1.96. The van der Waals surface area contributed by atoms with Crippen LogP contribution in [0.4, 0.5) is 0 Å². The minimum atomic E-state index is -0.222. The number of carbonyl (C=O) groups excluding carboxylic acids is 1. The molecular weight excluding hydrogens is 322 g/mol.